The first kappa shape index (κ1) is 8.30. The Bertz CT molecular complexity index is 153. The van der Waals surface area contributed by atoms with Gasteiger partial charge in [-0.1, -0.05) is 18.5 Å². The third-order valence-electron chi connectivity index (χ3n) is 0.851. The molecule has 3 nitrogen and oxygen atoms in total. The van der Waals surface area contributed by atoms with Crippen LogP contribution in [0.1, 0.15) is 13.3 Å². The fraction of sp³-hybridized carbons (Fsp3) is 0.400. The van der Waals surface area contributed by atoms with Crippen LogP contribution in [0.2, 0.25) is 0 Å². The zero-order chi connectivity index (χ0) is 7.44. The zero-order valence-electron chi connectivity index (χ0n) is 5.02. The molecule has 4 heteroatoms. The van der Waals surface area contributed by atoms with Crippen LogP contribution in [0.15, 0.2) is 10.7 Å². The Labute approximate surface area is 58.1 Å². The first-order chi connectivity index (χ1) is 4.09. The third kappa shape index (κ3) is 2.37. The van der Waals surface area contributed by atoms with Crippen molar-refractivity contribution in [1.82, 2.24) is 0 Å². The van der Waals surface area contributed by atoms with Crippen molar-refractivity contribution < 1.29 is 9.90 Å². The molecule has 0 spiro atoms. The van der Waals surface area contributed by atoms with E-state index in [4.69, 9.17) is 22.4 Å². The Morgan fingerprint density at radius 3 is 2.33 bits per heavy atom. The van der Waals surface area contributed by atoms with Gasteiger partial charge >= 0.3 is 5.97 Å². The third-order valence-corrected chi connectivity index (χ3v) is 1.26. The molecule has 3 N–H and O–H groups in total. The maximum Gasteiger partial charge on any atom is 0.349 e. The number of halogens is 1. The van der Waals surface area contributed by atoms with Crippen LogP contribution < -0.4 is 5.73 Å². The van der Waals surface area contributed by atoms with Crippen LogP contribution >= 0.6 is 11.6 Å². The van der Waals surface area contributed by atoms with E-state index in [2.05, 4.69) is 0 Å². The predicted molar refractivity (Wildman–Crippen MR) is 35.0 cm³/mol. The smallest absolute Gasteiger partial charge is 0.349 e. The van der Waals surface area contributed by atoms with Gasteiger partial charge in [-0.15, -0.1) is 0 Å². The summed E-state index contributed by atoms with van der Waals surface area (Å²) in [5.74, 6) is -1.17. The molecule has 0 aromatic rings. The lowest BCUT2D eigenvalue weighted by Crippen LogP contribution is -2.05. The summed E-state index contributed by atoms with van der Waals surface area (Å²) in [4.78, 5) is 10.0. The number of hydrogen-bond donors (Lipinski definition) is 2. The summed E-state index contributed by atoms with van der Waals surface area (Å²) in [6, 6.07) is 0. The summed E-state index contributed by atoms with van der Waals surface area (Å²) >= 11 is 5.22. The highest BCUT2D eigenvalue weighted by atomic mass is 35.5. The van der Waals surface area contributed by atoms with Crippen molar-refractivity contribution in [2.75, 3.05) is 0 Å². The summed E-state index contributed by atoms with van der Waals surface area (Å²) in [6.07, 6.45) is 0.463. The summed E-state index contributed by atoms with van der Waals surface area (Å²) < 4.78 is 0. The number of aliphatic carboxylic acids is 1. The molecule has 0 aromatic heterocycles. The van der Waals surface area contributed by atoms with Gasteiger partial charge in [0.25, 0.3) is 0 Å². The van der Waals surface area contributed by atoms with E-state index in [0.29, 0.717) is 6.42 Å². The number of carboxylic acid groups (broad SMARTS) is 1. The van der Waals surface area contributed by atoms with Gasteiger partial charge in [-0.3, -0.25) is 0 Å². The number of nitrogens with two attached hydrogens (primary N) is 1. The Balaban J connectivity index is 4.28. The van der Waals surface area contributed by atoms with Crippen molar-refractivity contribution in [3.8, 4) is 0 Å². The molecule has 0 amide bonds. The van der Waals surface area contributed by atoms with E-state index in [0.717, 1.165) is 0 Å². The van der Waals surface area contributed by atoms with E-state index in [-0.39, 0.29) is 10.7 Å². The van der Waals surface area contributed by atoms with Gasteiger partial charge in [0, 0.05) is 5.70 Å². The number of carbonyl (C=O) groups is 1. The Morgan fingerprint density at radius 2 is 2.22 bits per heavy atom. The lowest BCUT2D eigenvalue weighted by molar-refractivity contribution is -0.131. The van der Waals surface area contributed by atoms with Gasteiger partial charge in [0.15, 0.2) is 0 Å². The normalized spacial score (nSPS) is 12.7. The van der Waals surface area contributed by atoms with E-state index in [1.54, 1.807) is 6.92 Å². The van der Waals surface area contributed by atoms with Crippen LogP contribution in [0.3, 0.4) is 0 Å². The van der Waals surface area contributed by atoms with E-state index in [1.165, 1.54) is 0 Å². The van der Waals surface area contributed by atoms with Crippen LogP contribution in [0.25, 0.3) is 0 Å². The van der Waals surface area contributed by atoms with Crippen molar-refractivity contribution in [1.29, 1.82) is 0 Å². The predicted octanol–water partition coefficient (Wildman–Crippen LogP) is 0.890. The summed E-state index contributed by atoms with van der Waals surface area (Å²) in [7, 11) is 0. The molecule has 0 fully saturated rings. The molecule has 0 saturated carbocycles. The minimum absolute atomic E-state index is 0.212. The van der Waals surface area contributed by atoms with E-state index < -0.39 is 5.97 Å². The lowest BCUT2D eigenvalue weighted by Gasteiger charge is -1.95. The molecule has 0 aliphatic rings. The molecule has 0 saturated heterocycles. The molecule has 0 bridgehead atoms. The van der Waals surface area contributed by atoms with Gasteiger partial charge in [-0.05, 0) is 6.42 Å². The van der Waals surface area contributed by atoms with Crippen molar-refractivity contribution in [3.05, 3.63) is 10.7 Å². The van der Waals surface area contributed by atoms with Crippen LogP contribution in [0.4, 0.5) is 0 Å². The van der Waals surface area contributed by atoms with Crippen LogP contribution in [-0.4, -0.2) is 11.1 Å². The van der Waals surface area contributed by atoms with Crippen molar-refractivity contribution >= 4 is 17.6 Å². The van der Waals surface area contributed by atoms with Gasteiger partial charge in [0.1, 0.15) is 5.03 Å². The van der Waals surface area contributed by atoms with E-state index in [1.807, 2.05) is 0 Å². The molecular formula is C5H8ClNO2. The molecule has 0 rings (SSSR count). The van der Waals surface area contributed by atoms with E-state index >= 15 is 0 Å². The second-order valence-corrected chi connectivity index (χ2v) is 1.88. The minimum atomic E-state index is -1.17. The van der Waals surface area contributed by atoms with Crippen molar-refractivity contribution in [3.63, 3.8) is 0 Å². The largest absolute Gasteiger partial charge is 0.477 e. The second kappa shape index (κ2) is 3.35. The molecule has 0 unspecified atom stereocenters. The zero-order valence-corrected chi connectivity index (χ0v) is 5.77. The molecule has 0 aliphatic carbocycles. The quantitative estimate of drug-likeness (QED) is 0.574. The first-order valence-electron chi connectivity index (χ1n) is 2.47. The average Bonchev–Trinajstić information content (AvgIpc) is 1.84. The maximum atomic E-state index is 10.0. The number of allylic oxidation sites excluding steroid dienone is 1. The average molecular weight is 150 g/mol. The molecule has 0 aromatic carbocycles. The molecule has 52 valence electrons. The highest BCUT2D eigenvalue weighted by Crippen LogP contribution is 2.06. The Hall–Kier alpha value is -0.700. The topological polar surface area (TPSA) is 63.3 Å². The van der Waals surface area contributed by atoms with Crippen molar-refractivity contribution in [2.45, 2.75) is 13.3 Å². The van der Waals surface area contributed by atoms with Gasteiger partial charge < -0.3 is 10.8 Å². The van der Waals surface area contributed by atoms with Crippen LogP contribution in [-0.2, 0) is 4.79 Å². The molecule has 9 heavy (non-hydrogen) atoms. The van der Waals surface area contributed by atoms with Crippen molar-refractivity contribution in [2.24, 2.45) is 5.73 Å². The number of rotatable bonds is 2. The molecule has 0 radical (unpaired) electrons. The fourth-order valence-electron chi connectivity index (χ4n) is 0.293. The number of carboxylic acids is 1. The highest BCUT2D eigenvalue weighted by molar-refractivity contribution is 6.41. The second-order valence-electron chi connectivity index (χ2n) is 1.50. The highest BCUT2D eigenvalue weighted by Gasteiger charge is 2.05. The van der Waals surface area contributed by atoms with Gasteiger partial charge in [-0.25, -0.2) is 4.79 Å². The van der Waals surface area contributed by atoms with E-state index in [9.17, 15) is 4.79 Å². The van der Waals surface area contributed by atoms with Gasteiger partial charge in [0.2, 0.25) is 0 Å². The summed E-state index contributed by atoms with van der Waals surface area (Å²) in [6.45, 7) is 1.74. The minimum Gasteiger partial charge on any atom is -0.477 e. The number of hydrogen-bond acceptors (Lipinski definition) is 2. The SMILES string of the molecule is CCC(N)=C(Cl)C(=O)O. The maximum absolute atomic E-state index is 10.0. The Kier molecular flexibility index (Phi) is 3.09. The first-order valence-corrected chi connectivity index (χ1v) is 2.84. The Morgan fingerprint density at radius 1 is 1.78 bits per heavy atom. The lowest BCUT2D eigenvalue weighted by atomic mass is 10.3. The molecule has 0 atom stereocenters. The summed E-state index contributed by atoms with van der Waals surface area (Å²) in [5, 5.41) is 7.93. The monoisotopic (exact) mass is 149 g/mol. The molecule has 0 heterocycles. The van der Waals surface area contributed by atoms with Gasteiger partial charge in [0.05, 0.1) is 0 Å². The van der Waals surface area contributed by atoms with Gasteiger partial charge in [-0.2, -0.15) is 0 Å². The van der Waals surface area contributed by atoms with Crippen LogP contribution in [0, 0.1) is 0 Å². The molecular weight excluding hydrogens is 142 g/mol. The fourth-order valence-corrected chi connectivity index (χ4v) is 0.426. The standard InChI is InChI=1S/C5H8ClNO2/c1-2-3(7)4(6)5(8)9/h2,7H2,1H3,(H,8,9). The summed E-state index contributed by atoms with van der Waals surface area (Å²) in [5.41, 5.74) is 5.40. The van der Waals surface area contributed by atoms with Crippen LogP contribution in [0.5, 0.6) is 0 Å². The molecule has 0 aliphatic heterocycles.